The number of ether oxygens (including phenoxy) is 2. The van der Waals surface area contributed by atoms with Crippen LogP contribution in [0, 0.1) is 10.1 Å². The molecule has 144 valence electrons. The van der Waals surface area contributed by atoms with Crippen LogP contribution >= 0.6 is 0 Å². The summed E-state index contributed by atoms with van der Waals surface area (Å²) in [6.45, 7) is 0.482. The number of benzene rings is 2. The van der Waals surface area contributed by atoms with Gasteiger partial charge in [0.2, 0.25) is 0 Å². The molecule has 1 amide bonds. The average Bonchev–Trinajstić information content (AvgIpc) is 2.61. The van der Waals surface area contributed by atoms with Crippen LogP contribution < -0.4 is 14.8 Å². The predicted molar refractivity (Wildman–Crippen MR) is 90.2 cm³/mol. The van der Waals surface area contributed by atoms with Crippen LogP contribution in [0.1, 0.15) is 17.3 Å². The highest BCUT2D eigenvalue weighted by molar-refractivity contribution is 6.04. The van der Waals surface area contributed by atoms with Crippen LogP contribution in [0.25, 0.3) is 0 Å². The third kappa shape index (κ3) is 5.87. The first kappa shape index (κ1) is 20.0. The summed E-state index contributed by atoms with van der Waals surface area (Å²) in [5.74, 6) is -0.586. The van der Waals surface area contributed by atoms with E-state index in [1.165, 1.54) is 36.4 Å². The number of nitrogens with zero attached hydrogens (tertiary/aromatic N) is 1. The minimum atomic E-state index is -4.45. The molecule has 0 aliphatic carbocycles. The third-order valence-corrected chi connectivity index (χ3v) is 3.23. The summed E-state index contributed by atoms with van der Waals surface area (Å²) in [6.07, 6.45) is -4.45. The second-order valence-electron chi connectivity index (χ2n) is 5.25. The number of nitro benzene ring substituents is 1. The van der Waals surface area contributed by atoms with E-state index < -0.39 is 23.6 Å². The minimum Gasteiger partial charge on any atom is -0.487 e. The summed E-state index contributed by atoms with van der Waals surface area (Å²) in [7, 11) is 0. The molecule has 0 saturated heterocycles. The highest BCUT2D eigenvalue weighted by Gasteiger charge is 2.28. The lowest BCUT2D eigenvalue weighted by Gasteiger charge is -2.10. The van der Waals surface area contributed by atoms with E-state index in [0.717, 1.165) is 6.07 Å². The van der Waals surface area contributed by atoms with Gasteiger partial charge in [-0.25, -0.2) is 0 Å². The van der Waals surface area contributed by atoms with Gasteiger partial charge in [0.05, 0.1) is 11.5 Å². The maximum absolute atomic E-state index is 12.2. The van der Waals surface area contributed by atoms with Crippen molar-refractivity contribution >= 4 is 17.3 Å². The van der Waals surface area contributed by atoms with Crippen molar-refractivity contribution in [2.24, 2.45) is 0 Å². The first-order valence-electron chi connectivity index (χ1n) is 7.72. The average molecular weight is 384 g/mol. The van der Waals surface area contributed by atoms with Gasteiger partial charge >= 0.3 is 11.9 Å². The van der Waals surface area contributed by atoms with Gasteiger partial charge in [-0.3, -0.25) is 14.9 Å². The van der Waals surface area contributed by atoms with Gasteiger partial charge in [0.1, 0.15) is 5.75 Å². The summed E-state index contributed by atoms with van der Waals surface area (Å²) in [4.78, 5) is 22.7. The zero-order valence-electron chi connectivity index (χ0n) is 14.1. The maximum Gasteiger partial charge on any atom is 0.422 e. The fourth-order valence-corrected chi connectivity index (χ4v) is 2.08. The van der Waals surface area contributed by atoms with E-state index in [-0.39, 0.29) is 35.0 Å². The van der Waals surface area contributed by atoms with Gasteiger partial charge in [-0.05, 0) is 43.3 Å². The Morgan fingerprint density at radius 3 is 2.37 bits per heavy atom. The molecular formula is C17H15F3N2O5. The lowest BCUT2D eigenvalue weighted by atomic mass is 10.1. The summed E-state index contributed by atoms with van der Waals surface area (Å²) in [5, 5.41) is 13.6. The number of hydrogen-bond donors (Lipinski definition) is 1. The number of hydrogen-bond acceptors (Lipinski definition) is 5. The van der Waals surface area contributed by atoms with Gasteiger partial charge in [-0.1, -0.05) is 0 Å². The van der Waals surface area contributed by atoms with E-state index in [4.69, 9.17) is 4.74 Å². The van der Waals surface area contributed by atoms with E-state index >= 15 is 0 Å². The summed E-state index contributed by atoms with van der Waals surface area (Å²) < 4.78 is 46.0. The van der Waals surface area contributed by atoms with Crippen LogP contribution in [-0.4, -0.2) is 30.2 Å². The maximum atomic E-state index is 12.2. The van der Waals surface area contributed by atoms with Crippen LogP contribution in [0.2, 0.25) is 0 Å². The Hall–Kier alpha value is -3.30. The third-order valence-electron chi connectivity index (χ3n) is 3.23. The number of alkyl halides is 3. The molecule has 0 aromatic heterocycles. The Bertz CT molecular complexity index is 822. The molecule has 0 bridgehead atoms. The molecule has 27 heavy (non-hydrogen) atoms. The molecule has 0 heterocycles. The molecule has 0 saturated carbocycles. The van der Waals surface area contributed by atoms with Crippen LogP contribution in [-0.2, 0) is 0 Å². The van der Waals surface area contributed by atoms with Gasteiger partial charge < -0.3 is 14.8 Å². The molecule has 2 aromatic rings. The van der Waals surface area contributed by atoms with Crippen molar-refractivity contribution in [3.63, 3.8) is 0 Å². The van der Waals surface area contributed by atoms with Gasteiger partial charge in [-0.2, -0.15) is 13.2 Å². The molecule has 0 atom stereocenters. The van der Waals surface area contributed by atoms with Crippen molar-refractivity contribution in [1.82, 2.24) is 0 Å². The van der Waals surface area contributed by atoms with Crippen LogP contribution in [0.5, 0.6) is 11.5 Å². The molecule has 0 aliphatic heterocycles. The number of halogens is 3. The molecule has 2 rings (SSSR count). The molecule has 2 aromatic carbocycles. The van der Waals surface area contributed by atoms with E-state index in [9.17, 15) is 28.1 Å². The van der Waals surface area contributed by atoms with Gasteiger partial charge in [0, 0.05) is 17.3 Å². The monoisotopic (exact) mass is 384 g/mol. The van der Waals surface area contributed by atoms with E-state index in [0.29, 0.717) is 0 Å². The molecule has 1 N–H and O–H groups in total. The first-order chi connectivity index (χ1) is 12.7. The summed E-state index contributed by atoms with van der Waals surface area (Å²) in [5.41, 5.74) is -0.0288. The van der Waals surface area contributed by atoms with Gasteiger partial charge in [0.15, 0.2) is 12.4 Å². The lowest BCUT2D eigenvalue weighted by molar-refractivity contribution is -0.385. The SMILES string of the molecule is CCOc1ccc(C(=O)Nc2ccc(OCC(F)(F)F)cc2)cc1[N+](=O)[O-]. The Kier molecular flexibility index (Phi) is 6.22. The Balaban J connectivity index is 2.08. The molecule has 0 unspecified atom stereocenters. The van der Waals surface area contributed by atoms with E-state index in [1.807, 2.05) is 0 Å². The van der Waals surface area contributed by atoms with Crippen molar-refractivity contribution in [3.05, 3.63) is 58.1 Å². The molecule has 10 heteroatoms. The highest BCUT2D eigenvalue weighted by Crippen LogP contribution is 2.28. The smallest absolute Gasteiger partial charge is 0.422 e. The van der Waals surface area contributed by atoms with Crippen LogP contribution in [0.4, 0.5) is 24.5 Å². The Morgan fingerprint density at radius 2 is 1.81 bits per heavy atom. The van der Waals surface area contributed by atoms with Crippen LogP contribution in [0.15, 0.2) is 42.5 Å². The molecule has 0 spiro atoms. The second-order valence-corrected chi connectivity index (χ2v) is 5.25. The topological polar surface area (TPSA) is 90.7 Å². The second kappa shape index (κ2) is 8.39. The van der Waals surface area contributed by atoms with Gasteiger partial charge in [-0.15, -0.1) is 0 Å². The molecule has 7 nitrogen and oxygen atoms in total. The fourth-order valence-electron chi connectivity index (χ4n) is 2.08. The molecule has 0 fully saturated rings. The van der Waals surface area contributed by atoms with Crippen molar-refractivity contribution in [1.29, 1.82) is 0 Å². The zero-order chi connectivity index (χ0) is 20.0. The Morgan fingerprint density at radius 1 is 1.15 bits per heavy atom. The quantitative estimate of drug-likeness (QED) is 0.571. The standard InChI is InChI=1S/C17H15F3N2O5/c1-2-26-15-8-3-11(9-14(15)22(24)25)16(23)21-12-4-6-13(7-5-12)27-10-17(18,19)20/h3-9H,2,10H2,1H3,(H,21,23). The van der Waals surface area contributed by atoms with Crippen LogP contribution in [0.3, 0.4) is 0 Å². The van der Waals surface area contributed by atoms with E-state index in [1.54, 1.807) is 6.92 Å². The minimum absolute atomic E-state index is 0.0120. The number of carbonyl (C=O) groups is 1. The lowest BCUT2D eigenvalue weighted by Crippen LogP contribution is -2.19. The number of nitrogens with one attached hydrogen (secondary N) is 1. The normalized spacial score (nSPS) is 11.0. The first-order valence-corrected chi connectivity index (χ1v) is 7.72. The van der Waals surface area contributed by atoms with Crippen molar-refractivity contribution in [2.45, 2.75) is 13.1 Å². The predicted octanol–water partition coefficient (Wildman–Crippen LogP) is 4.19. The zero-order valence-corrected chi connectivity index (χ0v) is 14.1. The summed E-state index contributed by atoms with van der Waals surface area (Å²) >= 11 is 0. The van der Waals surface area contributed by atoms with E-state index in [2.05, 4.69) is 10.1 Å². The highest BCUT2D eigenvalue weighted by atomic mass is 19.4. The summed E-state index contributed by atoms with van der Waals surface area (Å²) in [6, 6.07) is 9.02. The molecular weight excluding hydrogens is 369 g/mol. The van der Waals surface area contributed by atoms with Gasteiger partial charge in [0.25, 0.3) is 5.91 Å². The van der Waals surface area contributed by atoms with Crippen molar-refractivity contribution in [3.8, 4) is 11.5 Å². The number of rotatable bonds is 7. The largest absolute Gasteiger partial charge is 0.487 e. The van der Waals surface area contributed by atoms with Crippen molar-refractivity contribution in [2.75, 3.05) is 18.5 Å². The number of anilines is 1. The van der Waals surface area contributed by atoms with Crippen molar-refractivity contribution < 1.29 is 32.4 Å². The molecule has 0 aliphatic rings. The molecule has 0 radical (unpaired) electrons. The Labute approximate surface area is 151 Å². The number of carbonyl (C=O) groups excluding carboxylic acids is 1. The number of amides is 1. The number of nitro groups is 1. The fraction of sp³-hybridized carbons (Fsp3) is 0.235.